The fourth-order valence-electron chi connectivity index (χ4n) is 9.44. The van der Waals surface area contributed by atoms with Gasteiger partial charge in [0.2, 0.25) is 34.1 Å². The minimum absolute atomic E-state index is 0.142. The van der Waals surface area contributed by atoms with E-state index >= 15 is 0 Å². The third-order valence-corrected chi connectivity index (χ3v) is 14.9. The van der Waals surface area contributed by atoms with Gasteiger partial charge in [0, 0.05) is 12.0 Å². The summed E-state index contributed by atoms with van der Waals surface area (Å²) >= 11 is 0. The zero-order valence-corrected chi connectivity index (χ0v) is 36.0. The Morgan fingerprint density at radius 3 is 2.45 bits per heavy atom. The summed E-state index contributed by atoms with van der Waals surface area (Å²) in [6.45, 7) is 9.04. The number of nitrogens with one attached hydrogen (secondary N) is 3. The molecule has 3 saturated carbocycles. The number of carbonyl (C=O) groups excluding carboxylic acids is 4. The average molecular weight is 861 g/mol. The molecule has 5 aliphatic rings. The minimum Gasteiger partial charge on any atom is -0.497 e. The Hall–Kier alpha value is -4.35. The molecule has 330 valence electrons. The summed E-state index contributed by atoms with van der Waals surface area (Å²) in [5.74, 6) is -4.00. The number of alkyl carbamates (subject to hydrolysis) is 1. The number of carbonyl (C=O) groups is 4. The van der Waals surface area contributed by atoms with Crippen LogP contribution in [-0.4, -0.2) is 102 Å². The molecule has 3 heterocycles. The van der Waals surface area contributed by atoms with Gasteiger partial charge in [-0.1, -0.05) is 47.5 Å². The molecule has 18 heteroatoms. The lowest BCUT2D eigenvalue weighted by atomic mass is 9.85. The molecular formula is C42H58F2N6O9S. The van der Waals surface area contributed by atoms with E-state index in [0.717, 1.165) is 32.1 Å². The number of fused-ring (bicyclic) bond motifs is 5. The lowest BCUT2D eigenvalue weighted by Crippen LogP contribution is -2.61. The molecule has 0 unspecified atom stereocenters. The van der Waals surface area contributed by atoms with Gasteiger partial charge >= 0.3 is 6.09 Å². The van der Waals surface area contributed by atoms with Gasteiger partial charge in [-0.25, -0.2) is 32.0 Å². The highest BCUT2D eigenvalue weighted by molar-refractivity contribution is 7.91. The van der Waals surface area contributed by atoms with E-state index < -0.39 is 92.9 Å². The first-order chi connectivity index (χ1) is 28.3. The number of ether oxygens (including phenoxy) is 3. The topological polar surface area (TPSA) is 195 Å². The highest BCUT2D eigenvalue weighted by atomic mass is 32.2. The SMILES string of the molecule is CC[C@@H]1[C@@H]2CN(C(=O)[C@H](C(C)(C)C)NC(=O)O[C@@H]3C[C@H](C)C[C@H]3CCCCCc3nc4ccc(OC)cc4nc3O2)[C@@H]1C(=O)N[C@]1(C(=O)NS(=O)(=O)C2CC2)C[C@H]1C(F)F. The first kappa shape index (κ1) is 43.7. The van der Waals surface area contributed by atoms with Crippen molar-refractivity contribution in [1.82, 2.24) is 30.2 Å². The molecule has 4 amide bonds. The van der Waals surface area contributed by atoms with Gasteiger partial charge in [0.25, 0.3) is 5.91 Å². The van der Waals surface area contributed by atoms with Crippen LogP contribution in [0.4, 0.5) is 13.6 Å². The van der Waals surface area contributed by atoms with Crippen molar-refractivity contribution in [1.29, 1.82) is 0 Å². The van der Waals surface area contributed by atoms with Gasteiger partial charge < -0.3 is 29.7 Å². The maximum absolute atomic E-state index is 15.0. The summed E-state index contributed by atoms with van der Waals surface area (Å²) in [5.41, 5.74) is -1.42. The van der Waals surface area contributed by atoms with Crippen LogP contribution in [-0.2, 0) is 35.6 Å². The van der Waals surface area contributed by atoms with E-state index in [-0.39, 0.29) is 30.9 Å². The quantitative estimate of drug-likeness (QED) is 0.322. The second-order valence-electron chi connectivity index (χ2n) is 18.6. The van der Waals surface area contributed by atoms with Crippen molar-refractivity contribution in [3.63, 3.8) is 0 Å². The lowest BCUT2D eigenvalue weighted by Gasteiger charge is -2.36. The third kappa shape index (κ3) is 8.99. The largest absolute Gasteiger partial charge is 0.497 e. The Labute approximate surface area is 349 Å². The normalized spacial score (nSPS) is 31.5. The molecule has 4 fully saturated rings. The molecule has 7 rings (SSSR count). The van der Waals surface area contributed by atoms with Crippen molar-refractivity contribution >= 4 is 44.9 Å². The summed E-state index contributed by atoms with van der Waals surface area (Å²) in [6.07, 6.45) is 0.874. The molecule has 0 spiro atoms. The highest BCUT2D eigenvalue weighted by Gasteiger charge is 2.67. The molecule has 2 bridgehead atoms. The predicted octanol–water partition coefficient (Wildman–Crippen LogP) is 5.04. The molecular weight excluding hydrogens is 803 g/mol. The molecule has 9 atom stereocenters. The monoisotopic (exact) mass is 860 g/mol. The van der Waals surface area contributed by atoms with E-state index in [1.807, 2.05) is 10.8 Å². The van der Waals surface area contributed by atoms with Crippen LogP contribution in [0.3, 0.4) is 0 Å². The van der Waals surface area contributed by atoms with Gasteiger partial charge in [-0.2, -0.15) is 0 Å². The molecule has 15 nitrogen and oxygen atoms in total. The standard InChI is InChI=1S/C42H58F2N6O9S/c1-7-26-32-21-50(33(26)36(51)48-42(20-27(42)35(43)44)39(53)49-60(55,56)25-14-15-25)38(52)34(41(3,4)5)47-40(54)59-31-18-22(2)17-23(31)11-9-8-10-12-29-37(58-32)46-30-19-24(57-6)13-16-28(30)45-29/h13,16,19,22-23,25-27,31-35H,7-12,14-15,17-18,20-21H2,1-6H3,(H,47,54)(H,48,51)(H,49,53)/t22-,23-,26-,27+,31-,32+,33+,34-,42-/m1/s1. The number of alkyl halides is 2. The third-order valence-electron chi connectivity index (χ3n) is 13.0. The smallest absolute Gasteiger partial charge is 0.408 e. The molecule has 2 aromatic rings. The van der Waals surface area contributed by atoms with Crippen molar-refractivity contribution in [3.05, 3.63) is 23.9 Å². The zero-order valence-electron chi connectivity index (χ0n) is 35.2. The van der Waals surface area contributed by atoms with Crippen LogP contribution >= 0.6 is 0 Å². The maximum Gasteiger partial charge on any atom is 0.408 e. The number of hydrogen-bond acceptors (Lipinski definition) is 11. The van der Waals surface area contributed by atoms with E-state index in [4.69, 9.17) is 24.2 Å². The molecule has 3 aliphatic carbocycles. The zero-order chi connectivity index (χ0) is 43.3. The van der Waals surface area contributed by atoms with Gasteiger partial charge in [-0.3, -0.25) is 19.1 Å². The summed E-state index contributed by atoms with van der Waals surface area (Å²) in [5, 5.41) is 4.51. The molecule has 3 N–H and O–H groups in total. The number of hydrogen-bond donors (Lipinski definition) is 3. The van der Waals surface area contributed by atoms with E-state index in [0.29, 0.717) is 54.1 Å². The number of aryl methyl sites for hydroxylation is 1. The lowest BCUT2D eigenvalue weighted by molar-refractivity contribution is -0.144. The minimum atomic E-state index is -4.15. The fourth-order valence-corrected chi connectivity index (χ4v) is 10.8. The van der Waals surface area contributed by atoms with Gasteiger partial charge in [0.05, 0.1) is 35.9 Å². The molecule has 1 saturated heterocycles. The van der Waals surface area contributed by atoms with E-state index in [9.17, 15) is 36.4 Å². The van der Waals surface area contributed by atoms with E-state index in [1.54, 1.807) is 46.9 Å². The molecule has 0 radical (unpaired) electrons. The van der Waals surface area contributed by atoms with Crippen molar-refractivity contribution in [2.75, 3.05) is 13.7 Å². The Morgan fingerprint density at radius 1 is 1.05 bits per heavy atom. The number of methoxy groups -OCH3 is 1. The Balaban J connectivity index is 1.28. The van der Waals surface area contributed by atoms with Crippen LogP contribution in [0, 0.1) is 29.1 Å². The summed E-state index contributed by atoms with van der Waals surface area (Å²) in [7, 11) is -2.61. The molecule has 60 heavy (non-hydrogen) atoms. The van der Waals surface area contributed by atoms with Crippen molar-refractivity contribution in [3.8, 4) is 11.6 Å². The predicted molar refractivity (Wildman–Crippen MR) is 216 cm³/mol. The number of amides is 4. The number of rotatable bonds is 8. The maximum atomic E-state index is 15.0. The van der Waals surface area contributed by atoms with Crippen LogP contribution in [0.25, 0.3) is 11.0 Å². The van der Waals surface area contributed by atoms with E-state index in [2.05, 4.69) is 17.6 Å². The Bertz CT molecular complexity index is 2100. The van der Waals surface area contributed by atoms with Crippen molar-refractivity contribution < 1.29 is 50.6 Å². The number of benzene rings is 1. The molecule has 1 aromatic carbocycles. The summed E-state index contributed by atoms with van der Waals surface area (Å²) in [6, 6.07) is 2.73. The van der Waals surface area contributed by atoms with Crippen molar-refractivity contribution in [2.45, 2.75) is 147 Å². The average Bonchev–Trinajstić information content (AvgIpc) is 4.10. The number of halogens is 2. The second-order valence-corrected chi connectivity index (χ2v) is 20.6. The number of sulfonamides is 1. The van der Waals surface area contributed by atoms with Gasteiger partial charge in [-0.15, -0.1) is 0 Å². The highest BCUT2D eigenvalue weighted by Crippen LogP contribution is 2.49. The number of aromatic nitrogens is 2. The first-order valence-corrected chi connectivity index (χ1v) is 22.8. The van der Waals surface area contributed by atoms with Gasteiger partial charge in [0.15, 0.2) is 0 Å². The number of nitrogens with zero attached hydrogens (tertiary/aromatic N) is 3. The molecule has 1 aromatic heterocycles. The van der Waals surface area contributed by atoms with Crippen LogP contribution < -0.4 is 24.8 Å². The van der Waals surface area contributed by atoms with Crippen LogP contribution in [0.1, 0.15) is 105 Å². The Morgan fingerprint density at radius 2 is 1.80 bits per heavy atom. The Kier molecular flexibility index (Phi) is 12.3. The fraction of sp³-hybridized carbons (Fsp3) is 0.714. The van der Waals surface area contributed by atoms with Gasteiger partial charge in [0.1, 0.15) is 41.3 Å². The van der Waals surface area contributed by atoms with E-state index in [1.165, 1.54) is 4.90 Å². The van der Waals surface area contributed by atoms with Gasteiger partial charge in [-0.05, 0) is 87.2 Å². The first-order valence-electron chi connectivity index (χ1n) is 21.3. The van der Waals surface area contributed by atoms with Crippen LogP contribution in [0.15, 0.2) is 18.2 Å². The molecule has 2 aliphatic heterocycles. The van der Waals surface area contributed by atoms with Crippen LogP contribution in [0.5, 0.6) is 11.6 Å². The second kappa shape index (κ2) is 16.8. The summed E-state index contributed by atoms with van der Waals surface area (Å²) in [4.78, 5) is 68.1. The summed E-state index contributed by atoms with van der Waals surface area (Å²) < 4.78 is 74.5. The van der Waals surface area contributed by atoms with Crippen LogP contribution in [0.2, 0.25) is 0 Å². The van der Waals surface area contributed by atoms with Crippen molar-refractivity contribution in [2.24, 2.45) is 29.1 Å².